The summed E-state index contributed by atoms with van der Waals surface area (Å²) in [5.41, 5.74) is 10.4. The molecular formula is C24H25N3O3. The lowest BCUT2D eigenvalue weighted by Crippen LogP contribution is -2.13. The number of nitrogens with zero attached hydrogens (tertiary/aromatic N) is 1. The molecule has 0 bridgehead atoms. The summed E-state index contributed by atoms with van der Waals surface area (Å²) in [6, 6.07) is 16.9. The standard InChI is InChI=1S/C24H25N3O3/c1-16-6-8-20(12-17(16)2)27-23(28)9-7-18-4-3-5-21(13-18)30-15-19-10-11-26-22(14-19)24(25)29/h3-6,8,10-14H,7,9,15H2,1-2H3,(H2,25,29)(H,27,28). The summed E-state index contributed by atoms with van der Waals surface area (Å²) in [6.45, 7) is 4.36. The third kappa shape index (κ3) is 5.91. The second-order valence-corrected chi connectivity index (χ2v) is 7.20. The number of primary amides is 1. The van der Waals surface area contributed by atoms with E-state index in [-0.39, 0.29) is 11.6 Å². The monoisotopic (exact) mass is 403 g/mol. The molecule has 0 fully saturated rings. The molecule has 6 heteroatoms. The Bertz CT molecular complexity index is 1060. The van der Waals surface area contributed by atoms with E-state index in [1.165, 1.54) is 11.8 Å². The molecule has 0 aliphatic rings. The number of aryl methyl sites for hydroxylation is 3. The highest BCUT2D eigenvalue weighted by molar-refractivity contribution is 5.91. The van der Waals surface area contributed by atoms with Crippen LogP contribution in [0.4, 0.5) is 5.69 Å². The van der Waals surface area contributed by atoms with Crippen LogP contribution in [0, 0.1) is 13.8 Å². The van der Waals surface area contributed by atoms with Crippen molar-refractivity contribution in [3.63, 3.8) is 0 Å². The van der Waals surface area contributed by atoms with Crippen molar-refractivity contribution in [1.29, 1.82) is 0 Å². The maximum absolute atomic E-state index is 12.3. The number of amides is 2. The highest BCUT2D eigenvalue weighted by atomic mass is 16.5. The summed E-state index contributed by atoms with van der Waals surface area (Å²) in [6.07, 6.45) is 2.51. The number of nitrogens with two attached hydrogens (primary N) is 1. The number of hydrogen-bond donors (Lipinski definition) is 2. The molecule has 0 aliphatic heterocycles. The first-order chi connectivity index (χ1) is 14.4. The number of hydrogen-bond acceptors (Lipinski definition) is 4. The Labute approximate surface area is 176 Å². The second kappa shape index (κ2) is 9.69. The number of ether oxygens (including phenoxy) is 1. The Morgan fingerprint density at radius 2 is 1.83 bits per heavy atom. The quantitative estimate of drug-likeness (QED) is 0.595. The summed E-state index contributed by atoms with van der Waals surface area (Å²) in [5, 5.41) is 2.94. The lowest BCUT2D eigenvalue weighted by molar-refractivity contribution is -0.116. The van der Waals surface area contributed by atoms with Crippen molar-refractivity contribution in [2.45, 2.75) is 33.3 Å². The van der Waals surface area contributed by atoms with Gasteiger partial charge in [-0.1, -0.05) is 18.2 Å². The van der Waals surface area contributed by atoms with Crippen LogP contribution in [0.3, 0.4) is 0 Å². The van der Waals surface area contributed by atoms with E-state index in [2.05, 4.69) is 10.3 Å². The van der Waals surface area contributed by atoms with E-state index in [1.807, 2.05) is 56.3 Å². The molecule has 0 saturated carbocycles. The zero-order valence-corrected chi connectivity index (χ0v) is 17.1. The molecule has 6 nitrogen and oxygen atoms in total. The molecule has 2 aromatic carbocycles. The molecule has 3 aromatic rings. The topological polar surface area (TPSA) is 94.3 Å². The molecule has 3 N–H and O–H groups in total. The highest BCUT2D eigenvalue weighted by Crippen LogP contribution is 2.18. The van der Waals surface area contributed by atoms with E-state index in [0.29, 0.717) is 25.2 Å². The minimum atomic E-state index is -0.571. The van der Waals surface area contributed by atoms with Crippen molar-refractivity contribution in [2.75, 3.05) is 5.32 Å². The first kappa shape index (κ1) is 21.0. The number of carbonyl (C=O) groups is 2. The fourth-order valence-electron chi connectivity index (χ4n) is 2.96. The molecular weight excluding hydrogens is 378 g/mol. The summed E-state index contributed by atoms with van der Waals surface area (Å²) >= 11 is 0. The second-order valence-electron chi connectivity index (χ2n) is 7.20. The summed E-state index contributed by atoms with van der Waals surface area (Å²) < 4.78 is 5.81. The Morgan fingerprint density at radius 3 is 2.60 bits per heavy atom. The first-order valence-electron chi connectivity index (χ1n) is 9.74. The average Bonchev–Trinajstić information content (AvgIpc) is 2.74. The van der Waals surface area contributed by atoms with Crippen LogP contribution in [0.2, 0.25) is 0 Å². The molecule has 154 valence electrons. The maximum atomic E-state index is 12.3. The fourth-order valence-corrected chi connectivity index (χ4v) is 2.96. The third-order valence-corrected chi connectivity index (χ3v) is 4.81. The molecule has 1 aromatic heterocycles. The molecule has 3 rings (SSSR count). The van der Waals surface area contributed by atoms with Crippen LogP contribution in [0.15, 0.2) is 60.8 Å². The van der Waals surface area contributed by atoms with Crippen LogP contribution >= 0.6 is 0 Å². The van der Waals surface area contributed by atoms with Crippen molar-refractivity contribution in [3.8, 4) is 5.75 Å². The van der Waals surface area contributed by atoms with E-state index in [9.17, 15) is 9.59 Å². The number of aromatic nitrogens is 1. The molecule has 0 radical (unpaired) electrons. The summed E-state index contributed by atoms with van der Waals surface area (Å²) in [4.78, 5) is 27.4. The number of nitrogens with one attached hydrogen (secondary N) is 1. The Hall–Kier alpha value is -3.67. The Kier molecular flexibility index (Phi) is 6.80. The van der Waals surface area contributed by atoms with Gasteiger partial charge in [0, 0.05) is 18.3 Å². The van der Waals surface area contributed by atoms with Crippen molar-refractivity contribution < 1.29 is 14.3 Å². The van der Waals surface area contributed by atoms with Gasteiger partial charge in [-0.05, 0) is 78.9 Å². The van der Waals surface area contributed by atoms with Gasteiger partial charge in [0.1, 0.15) is 18.1 Å². The largest absolute Gasteiger partial charge is 0.489 e. The number of pyridine rings is 1. The van der Waals surface area contributed by atoms with Gasteiger partial charge in [-0.25, -0.2) is 0 Å². The Balaban J connectivity index is 1.53. The van der Waals surface area contributed by atoms with Gasteiger partial charge in [0.25, 0.3) is 5.91 Å². The van der Waals surface area contributed by atoms with Gasteiger partial charge in [0.05, 0.1) is 0 Å². The summed E-state index contributed by atoms with van der Waals surface area (Å²) in [5.74, 6) is 0.0952. The number of anilines is 1. The average molecular weight is 403 g/mol. The van der Waals surface area contributed by atoms with Gasteiger partial charge in [0.15, 0.2) is 0 Å². The molecule has 1 heterocycles. The lowest BCUT2D eigenvalue weighted by Gasteiger charge is -2.10. The van der Waals surface area contributed by atoms with E-state index >= 15 is 0 Å². The number of rotatable bonds is 8. The van der Waals surface area contributed by atoms with Crippen LogP contribution in [0.1, 0.15) is 39.2 Å². The van der Waals surface area contributed by atoms with Crippen LogP contribution in [0.25, 0.3) is 0 Å². The van der Waals surface area contributed by atoms with Gasteiger partial charge < -0.3 is 15.8 Å². The lowest BCUT2D eigenvalue weighted by atomic mass is 10.1. The van der Waals surface area contributed by atoms with Crippen LogP contribution in [-0.4, -0.2) is 16.8 Å². The van der Waals surface area contributed by atoms with Gasteiger partial charge in [-0.3, -0.25) is 14.6 Å². The van der Waals surface area contributed by atoms with Gasteiger partial charge in [-0.15, -0.1) is 0 Å². The number of carbonyl (C=O) groups excluding carboxylic acids is 2. The van der Waals surface area contributed by atoms with Crippen LogP contribution in [-0.2, 0) is 17.8 Å². The zero-order valence-electron chi connectivity index (χ0n) is 17.1. The maximum Gasteiger partial charge on any atom is 0.267 e. The van der Waals surface area contributed by atoms with Gasteiger partial charge in [-0.2, -0.15) is 0 Å². The van der Waals surface area contributed by atoms with Crippen molar-refractivity contribution in [1.82, 2.24) is 4.98 Å². The normalized spacial score (nSPS) is 10.5. The van der Waals surface area contributed by atoms with E-state index < -0.39 is 5.91 Å². The van der Waals surface area contributed by atoms with Crippen LogP contribution < -0.4 is 15.8 Å². The minimum absolute atomic E-state index is 0.0275. The molecule has 0 unspecified atom stereocenters. The minimum Gasteiger partial charge on any atom is -0.489 e. The molecule has 0 aliphatic carbocycles. The van der Waals surface area contributed by atoms with E-state index in [1.54, 1.807) is 12.1 Å². The van der Waals surface area contributed by atoms with Crippen molar-refractivity contribution in [3.05, 3.63) is 88.7 Å². The predicted octanol–water partition coefficient (Wildman–Crippen LogP) is 3.95. The van der Waals surface area contributed by atoms with Crippen molar-refractivity contribution in [2.24, 2.45) is 5.73 Å². The van der Waals surface area contributed by atoms with Crippen LogP contribution in [0.5, 0.6) is 5.75 Å². The third-order valence-electron chi connectivity index (χ3n) is 4.81. The highest BCUT2D eigenvalue weighted by Gasteiger charge is 2.07. The molecule has 30 heavy (non-hydrogen) atoms. The van der Waals surface area contributed by atoms with Crippen molar-refractivity contribution >= 4 is 17.5 Å². The zero-order chi connectivity index (χ0) is 21.5. The van der Waals surface area contributed by atoms with E-state index in [4.69, 9.17) is 10.5 Å². The Morgan fingerprint density at radius 1 is 1.00 bits per heavy atom. The number of benzene rings is 2. The molecule has 0 saturated heterocycles. The predicted molar refractivity (Wildman–Crippen MR) is 116 cm³/mol. The molecule has 0 atom stereocenters. The SMILES string of the molecule is Cc1ccc(NC(=O)CCc2cccc(OCc3ccnc(C(N)=O)c3)c2)cc1C. The van der Waals surface area contributed by atoms with Gasteiger partial charge in [0.2, 0.25) is 5.91 Å². The van der Waals surface area contributed by atoms with E-state index in [0.717, 1.165) is 22.4 Å². The first-order valence-corrected chi connectivity index (χ1v) is 9.74. The summed E-state index contributed by atoms with van der Waals surface area (Å²) in [7, 11) is 0. The fraction of sp³-hybridized carbons (Fsp3) is 0.208. The molecule has 0 spiro atoms. The van der Waals surface area contributed by atoms with Gasteiger partial charge >= 0.3 is 0 Å². The smallest absolute Gasteiger partial charge is 0.267 e. The molecule has 2 amide bonds.